The van der Waals surface area contributed by atoms with Gasteiger partial charge in [0.25, 0.3) is 0 Å². The molecule has 1 aromatic rings. The molecule has 0 radical (unpaired) electrons. The summed E-state index contributed by atoms with van der Waals surface area (Å²) in [5.74, 6) is 0. The Morgan fingerprint density at radius 3 is 2.94 bits per heavy atom. The number of nitrogens with zero attached hydrogens (tertiary/aromatic N) is 3. The molecule has 1 aliphatic rings. The molecule has 1 saturated heterocycles. The predicted octanol–water partition coefficient (Wildman–Crippen LogP) is 2.45. The van der Waals surface area contributed by atoms with E-state index >= 15 is 0 Å². The molecule has 1 fully saturated rings. The summed E-state index contributed by atoms with van der Waals surface area (Å²) in [6.07, 6.45) is 1.52. The van der Waals surface area contributed by atoms with Crippen LogP contribution in [0.5, 0.6) is 0 Å². The predicted molar refractivity (Wildman–Crippen MR) is 67.5 cm³/mol. The van der Waals surface area contributed by atoms with E-state index in [0.717, 1.165) is 28.8 Å². The molecule has 0 saturated carbocycles. The van der Waals surface area contributed by atoms with Gasteiger partial charge in [-0.15, -0.1) is 0 Å². The Balaban J connectivity index is 2.32. The van der Waals surface area contributed by atoms with Crippen LogP contribution in [0.2, 0.25) is 0 Å². The molecule has 92 valence electrons. The van der Waals surface area contributed by atoms with Gasteiger partial charge in [0.2, 0.25) is 0 Å². The summed E-state index contributed by atoms with van der Waals surface area (Å²) in [6.45, 7) is 6.08. The molecule has 0 spiro atoms. The number of aromatic nitrogens is 2. The van der Waals surface area contributed by atoms with Gasteiger partial charge in [0.15, 0.2) is 0 Å². The van der Waals surface area contributed by atoms with E-state index in [1.54, 1.807) is 0 Å². The van der Waals surface area contributed by atoms with Crippen LogP contribution in [0.4, 0.5) is 0 Å². The minimum atomic E-state index is -0.373. The first-order valence-electron chi connectivity index (χ1n) is 5.82. The molecule has 0 bridgehead atoms. The largest absolute Gasteiger partial charge is 0.380 e. The van der Waals surface area contributed by atoms with E-state index in [-0.39, 0.29) is 5.41 Å². The molecule has 0 aromatic carbocycles. The summed E-state index contributed by atoms with van der Waals surface area (Å²) in [5, 5.41) is 13.8. The lowest BCUT2D eigenvalue weighted by molar-refractivity contribution is 0.171. The maximum Gasteiger partial charge on any atom is 0.0884 e. The molecule has 4 nitrogen and oxygen atoms in total. The lowest BCUT2D eigenvalue weighted by atomic mass is 9.84. The van der Waals surface area contributed by atoms with E-state index in [1.165, 1.54) is 0 Å². The summed E-state index contributed by atoms with van der Waals surface area (Å²) >= 11 is 3.57. The Kier molecular flexibility index (Phi) is 3.55. The zero-order chi connectivity index (χ0) is 12.5. The lowest BCUT2D eigenvalue weighted by Crippen LogP contribution is -2.23. The van der Waals surface area contributed by atoms with Crippen molar-refractivity contribution in [3.05, 3.63) is 15.9 Å². The van der Waals surface area contributed by atoms with Crippen molar-refractivity contribution < 1.29 is 4.74 Å². The molecule has 1 atom stereocenters. The van der Waals surface area contributed by atoms with Gasteiger partial charge in [-0.1, -0.05) is 0 Å². The fourth-order valence-corrected chi connectivity index (χ4v) is 2.66. The first kappa shape index (κ1) is 12.6. The van der Waals surface area contributed by atoms with Crippen LogP contribution in [0.1, 0.15) is 24.7 Å². The van der Waals surface area contributed by atoms with E-state index in [4.69, 9.17) is 4.74 Å². The topological polar surface area (TPSA) is 50.8 Å². The SMILES string of the molecule is CCn1nc(C)c(Br)c1CC1(C#N)CCOC1. The third-order valence-corrected chi connectivity index (χ3v) is 4.33. The van der Waals surface area contributed by atoms with Crippen molar-refractivity contribution in [1.82, 2.24) is 9.78 Å². The van der Waals surface area contributed by atoms with Gasteiger partial charge in [0, 0.05) is 19.6 Å². The van der Waals surface area contributed by atoms with E-state index in [0.29, 0.717) is 19.6 Å². The van der Waals surface area contributed by atoms with E-state index < -0.39 is 0 Å². The van der Waals surface area contributed by atoms with Crippen LogP contribution in [-0.2, 0) is 17.7 Å². The van der Waals surface area contributed by atoms with Crippen molar-refractivity contribution in [1.29, 1.82) is 5.26 Å². The standard InChI is InChI=1S/C12H16BrN3O/c1-3-16-10(11(13)9(2)15-16)6-12(7-14)4-5-17-8-12/h3-6,8H2,1-2H3. The molecule has 1 unspecified atom stereocenters. The normalized spacial score (nSPS) is 23.9. The number of hydrogen-bond donors (Lipinski definition) is 0. The minimum absolute atomic E-state index is 0.373. The first-order valence-corrected chi connectivity index (χ1v) is 6.62. The average Bonchev–Trinajstić information content (AvgIpc) is 2.90. The maximum atomic E-state index is 9.36. The van der Waals surface area contributed by atoms with Crippen molar-refractivity contribution in [2.45, 2.75) is 33.2 Å². The fourth-order valence-electron chi connectivity index (χ4n) is 2.23. The van der Waals surface area contributed by atoms with Gasteiger partial charge < -0.3 is 4.74 Å². The molecular weight excluding hydrogens is 282 g/mol. The van der Waals surface area contributed by atoms with Crippen LogP contribution >= 0.6 is 15.9 Å². The highest BCUT2D eigenvalue weighted by Gasteiger charge is 2.37. The second-order valence-electron chi connectivity index (χ2n) is 4.53. The monoisotopic (exact) mass is 297 g/mol. The number of nitriles is 1. The zero-order valence-electron chi connectivity index (χ0n) is 10.2. The molecule has 0 aliphatic carbocycles. The Morgan fingerprint density at radius 1 is 1.65 bits per heavy atom. The molecule has 1 aromatic heterocycles. The maximum absolute atomic E-state index is 9.36. The van der Waals surface area contributed by atoms with Crippen molar-refractivity contribution in [2.75, 3.05) is 13.2 Å². The average molecular weight is 298 g/mol. The van der Waals surface area contributed by atoms with Crippen LogP contribution in [-0.4, -0.2) is 23.0 Å². The second kappa shape index (κ2) is 4.79. The van der Waals surface area contributed by atoms with Crippen molar-refractivity contribution in [2.24, 2.45) is 5.41 Å². The Labute approximate surface area is 110 Å². The van der Waals surface area contributed by atoms with Gasteiger partial charge in [-0.2, -0.15) is 10.4 Å². The van der Waals surface area contributed by atoms with Gasteiger partial charge in [-0.3, -0.25) is 4.68 Å². The Morgan fingerprint density at radius 2 is 2.41 bits per heavy atom. The van der Waals surface area contributed by atoms with Gasteiger partial charge in [-0.05, 0) is 36.2 Å². The second-order valence-corrected chi connectivity index (χ2v) is 5.33. The highest BCUT2D eigenvalue weighted by atomic mass is 79.9. The van der Waals surface area contributed by atoms with Crippen LogP contribution in [0, 0.1) is 23.7 Å². The van der Waals surface area contributed by atoms with Crippen LogP contribution in [0.25, 0.3) is 0 Å². The number of aryl methyl sites for hydroxylation is 2. The summed E-state index contributed by atoms with van der Waals surface area (Å²) in [6, 6.07) is 2.43. The molecule has 2 heterocycles. The van der Waals surface area contributed by atoms with Gasteiger partial charge in [0.05, 0.1) is 34.0 Å². The number of ether oxygens (including phenoxy) is 1. The molecule has 17 heavy (non-hydrogen) atoms. The molecule has 2 rings (SSSR count). The van der Waals surface area contributed by atoms with E-state index in [2.05, 4.69) is 34.0 Å². The van der Waals surface area contributed by atoms with Crippen molar-refractivity contribution in [3.8, 4) is 6.07 Å². The highest BCUT2D eigenvalue weighted by molar-refractivity contribution is 9.10. The Hall–Kier alpha value is -0.860. The smallest absolute Gasteiger partial charge is 0.0884 e. The summed E-state index contributed by atoms with van der Waals surface area (Å²) in [7, 11) is 0. The molecule has 5 heteroatoms. The van der Waals surface area contributed by atoms with Crippen molar-refractivity contribution in [3.63, 3.8) is 0 Å². The van der Waals surface area contributed by atoms with Gasteiger partial charge in [0.1, 0.15) is 0 Å². The summed E-state index contributed by atoms with van der Waals surface area (Å²) in [5.41, 5.74) is 1.72. The van der Waals surface area contributed by atoms with Gasteiger partial charge in [-0.25, -0.2) is 0 Å². The number of rotatable bonds is 3. The zero-order valence-corrected chi connectivity index (χ0v) is 11.7. The van der Waals surface area contributed by atoms with Crippen LogP contribution in [0.15, 0.2) is 4.47 Å². The molecule has 0 N–H and O–H groups in total. The minimum Gasteiger partial charge on any atom is -0.380 e. The van der Waals surface area contributed by atoms with E-state index in [9.17, 15) is 5.26 Å². The number of hydrogen-bond acceptors (Lipinski definition) is 3. The quantitative estimate of drug-likeness (QED) is 0.861. The molecule has 0 amide bonds. The fraction of sp³-hybridized carbons (Fsp3) is 0.667. The highest BCUT2D eigenvalue weighted by Crippen LogP contribution is 2.35. The summed E-state index contributed by atoms with van der Waals surface area (Å²) < 4.78 is 8.37. The van der Waals surface area contributed by atoms with E-state index in [1.807, 2.05) is 11.6 Å². The van der Waals surface area contributed by atoms with Gasteiger partial charge >= 0.3 is 0 Å². The lowest BCUT2D eigenvalue weighted by Gasteiger charge is -2.19. The number of halogens is 1. The summed E-state index contributed by atoms with van der Waals surface area (Å²) in [4.78, 5) is 0. The third kappa shape index (κ3) is 2.24. The van der Waals surface area contributed by atoms with Crippen LogP contribution < -0.4 is 0 Å². The third-order valence-electron chi connectivity index (χ3n) is 3.30. The van der Waals surface area contributed by atoms with Crippen LogP contribution in [0.3, 0.4) is 0 Å². The first-order chi connectivity index (χ1) is 8.12. The Bertz CT molecular complexity index is 455. The molecular formula is C12H16BrN3O. The van der Waals surface area contributed by atoms with Crippen molar-refractivity contribution >= 4 is 15.9 Å². The molecule has 1 aliphatic heterocycles.